The van der Waals surface area contributed by atoms with Crippen molar-refractivity contribution >= 4 is 0 Å². The summed E-state index contributed by atoms with van der Waals surface area (Å²) in [6, 6.07) is 0.603. The first-order valence-corrected chi connectivity index (χ1v) is 6.09. The van der Waals surface area contributed by atoms with Crippen molar-refractivity contribution in [3.63, 3.8) is 0 Å². The largest absolute Gasteiger partial charge is 0.319 e. The normalized spacial score (nSPS) is 27.0. The fraction of sp³-hybridized carbons (Fsp3) is 1.00. The van der Waals surface area contributed by atoms with Gasteiger partial charge in [-0.2, -0.15) is 8.78 Å². The first-order valence-electron chi connectivity index (χ1n) is 6.09. The monoisotopic (exact) mass is 254 g/mol. The van der Waals surface area contributed by atoms with E-state index in [1.54, 1.807) is 0 Å². The van der Waals surface area contributed by atoms with Gasteiger partial charge in [0.25, 0.3) is 0 Å². The molecule has 1 saturated heterocycles. The van der Waals surface area contributed by atoms with Crippen molar-refractivity contribution in [2.24, 2.45) is 5.92 Å². The van der Waals surface area contributed by atoms with Gasteiger partial charge in [0.05, 0.1) is 6.54 Å². The van der Waals surface area contributed by atoms with Gasteiger partial charge in [-0.3, -0.25) is 4.90 Å². The van der Waals surface area contributed by atoms with Crippen molar-refractivity contribution in [3.05, 3.63) is 0 Å². The lowest BCUT2D eigenvalue weighted by Gasteiger charge is -2.22. The van der Waals surface area contributed by atoms with Crippen molar-refractivity contribution < 1.29 is 17.6 Å². The predicted molar refractivity (Wildman–Crippen MR) is 56.5 cm³/mol. The lowest BCUT2D eigenvalue weighted by atomic mass is 10.1. The van der Waals surface area contributed by atoms with Crippen LogP contribution in [0.2, 0.25) is 0 Å². The maximum Gasteiger partial charge on any atom is 0.319 e. The second-order valence-corrected chi connectivity index (χ2v) is 5.13. The average molecular weight is 254 g/mol. The van der Waals surface area contributed by atoms with Gasteiger partial charge in [-0.15, -0.1) is 0 Å². The standard InChI is InChI=1S/C11H18F4N2/c12-10(13)11(14,15)7-17-4-3-8(6-17)5-16-9-1-2-9/h8-10,16H,1-7H2. The molecule has 0 amide bonds. The summed E-state index contributed by atoms with van der Waals surface area (Å²) >= 11 is 0. The summed E-state index contributed by atoms with van der Waals surface area (Å²) in [6.45, 7) is 1.01. The van der Waals surface area contributed by atoms with Gasteiger partial charge >= 0.3 is 12.3 Å². The van der Waals surface area contributed by atoms with Crippen molar-refractivity contribution in [2.45, 2.75) is 37.7 Å². The Hall–Kier alpha value is -0.360. The number of hydrogen-bond donors (Lipinski definition) is 1. The van der Waals surface area contributed by atoms with Crippen LogP contribution in [0.25, 0.3) is 0 Å². The Labute approximate surface area is 98.3 Å². The van der Waals surface area contributed by atoms with Gasteiger partial charge in [-0.1, -0.05) is 0 Å². The van der Waals surface area contributed by atoms with Crippen LogP contribution in [0, 0.1) is 5.92 Å². The number of alkyl halides is 4. The van der Waals surface area contributed by atoms with E-state index in [2.05, 4.69) is 5.32 Å². The SMILES string of the molecule is FC(F)C(F)(F)CN1CCC(CNC2CC2)C1. The molecule has 2 aliphatic rings. The minimum absolute atomic E-state index is 0.323. The highest BCUT2D eigenvalue weighted by Crippen LogP contribution is 2.27. The predicted octanol–water partition coefficient (Wildman–Crippen LogP) is 1.96. The van der Waals surface area contributed by atoms with Crippen LogP contribution in [-0.2, 0) is 0 Å². The van der Waals surface area contributed by atoms with Gasteiger partial charge < -0.3 is 5.32 Å². The number of rotatable bonds is 6. The zero-order valence-corrected chi connectivity index (χ0v) is 9.64. The van der Waals surface area contributed by atoms with Crippen LogP contribution >= 0.6 is 0 Å². The molecule has 0 aromatic heterocycles. The number of nitrogens with zero attached hydrogens (tertiary/aromatic N) is 1. The summed E-state index contributed by atoms with van der Waals surface area (Å²) in [5.74, 6) is -3.55. The molecule has 0 spiro atoms. The lowest BCUT2D eigenvalue weighted by molar-refractivity contribution is -0.140. The minimum Gasteiger partial charge on any atom is -0.314 e. The van der Waals surface area contributed by atoms with Gasteiger partial charge in [-0.05, 0) is 38.3 Å². The molecule has 1 saturated carbocycles. The van der Waals surface area contributed by atoms with E-state index in [9.17, 15) is 17.6 Å². The smallest absolute Gasteiger partial charge is 0.314 e. The molecule has 0 bridgehead atoms. The van der Waals surface area contributed by atoms with Crippen LogP contribution in [0.15, 0.2) is 0 Å². The van der Waals surface area contributed by atoms with E-state index in [1.165, 1.54) is 17.7 Å². The molecule has 1 heterocycles. The number of halogens is 4. The third-order valence-electron chi connectivity index (χ3n) is 3.40. The Balaban J connectivity index is 1.69. The van der Waals surface area contributed by atoms with Gasteiger partial charge in [0.2, 0.25) is 0 Å². The summed E-state index contributed by atoms with van der Waals surface area (Å²) in [6.07, 6.45) is -0.357. The molecule has 0 aromatic rings. The molecular weight excluding hydrogens is 236 g/mol. The van der Waals surface area contributed by atoms with Crippen LogP contribution < -0.4 is 5.32 Å². The third kappa shape index (κ3) is 3.81. The molecule has 1 aliphatic heterocycles. The first kappa shape index (κ1) is 13.1. The second kappa shape index (κ2) is 5.10. The molecule has 1 N–H and O–H groups in total. The van der Waals surface area contributed by atoms with Gasteiger partial charge in [0, 0.05) is 12.6 Å². The topological polar surface area (TPSA) is 15.3 Å². The molecule has 0 aromatic carbocycles. The van der Waals surface area contributed by atoms with Crippen LogP contribution in [0.5, 0.6) is 0 Å². The Morgan fingerprint density at radius 1 is 1.24 bits per heavy atom. The highest BCUT2D eigenvalue weighted by atomic mass is 19.3. The van der Waals surface area contributed by atoms with E-state index in [1.807, 2.05) is 0 Å². The number of hydrogen-bond acceptors (Lipinski definition) is 2. The number of likely N-dealkylation sites (tertiary alicyclic amines) is 1. The molecule has 1 unspecified atom stereocenters. The number of nitrogens with one attached hydrogen (secondary N) is 1. The zero-order valence-electron chi connectivity index (χ0n) is 9.64. The fourth-order valence-corrected chi connectivity index (χ4v) is 2.21. The first-order chi connectivity index (χ1) is 7.97. The van der Waals surface area contributed by atoms with Crippen LogP contribution in [-0.4, -0.2) is 49.5 Å². The van der Waals surface area contributed by atoms with E-state index in [0.717, 1.165) is 13.0 Å². The third-order valence-corrected chi connectivity index (χ3v) is 3.40. The highest BCUT2D eigenvalue weighted by Gasteiger charge is 2.43. The van der Waals surface area contributed by atoms with Crippen LogP contribution in [0.4, 0.5) is 17.6 Å². The van der Waals surface area contributed by atoms with Crippen molar-refractivity contribution in [1.82, 2.24) is 10.2 Å². The Morgan fingerprint density at radius 2 is 1.94 bits per heavy atom. The van der Waals surface area contributed by atoms with E-state index >= 15 is 0 Å². The fourth-order valence-electron chi connectivity index (χ4n) is 2.21. The molecule has 100 valence electrons. The summed E-state index contributed by atoms with van der Waals surface area (Å²) in [5.41, 5.74) is 0. The Morgan fingerprint density at radius 3 is 2.53 bits per heavy atom. The Kier molecular flexibility index (Phi) is 3.92. The molecule has 2 nitrogen and oxygen atoms in total. The van der Waals surface area contributed by atoms with Gasteiger partial charge in [0.15, 0.2) is 0 Å². The lowest BCUT2D eigenvalue weighted by Crippen LogP contribution is -2.41. The minimum atomic E-state index is -3.88. The van der Waals surface area contributed by atoms with Crippen molar-refractivity contribution in [3.8, 4) is 0 Å². The molecule has 2 rings (SSSR count). The average Bonchev–Trinajstić information content (AvgIpc) is 2.97. The maximum absolute atomic E-state index is 12.8. The molecule has 17 heavy (non-hydrogen) atoms. The van der Waals surface area contributed by atoms with Crippen molar-refractivity contribution in [2.75, 3.05) is 26.2 Å². The molecular formula is C11H18F4N2. The highest BCUT2D eigenvalue weighted by molar-refractivity contribution is 4.86. The van der Waals surface area contributed by atoms with E-state index in [0.29, 0.717) is 25.0 Å². The summed E-state index contributed by atoms with van der Waals surface area (Å²) in [7, 11) is 0. The molecule has 0 radical (unpaired) electrons. The molecule has 1 aliphatic carbocycles. The molecule has 2 fully saturated rings. The summed E-state index contributed by atoms with van der Waals surface area (Å²) in [5, 5.41) is 3.34. The van der Waals surface area contributed by atoms with Crippen LogP contribution in [0.1, 0.15) is 19.3 Å². The van der Waals surface area contributed by atoms with Crippen LogP contribution in [0.3, 0.4) is 0 Å². The van der Waals surface area contributed by atoms with E-state index in [4.69, 9.17) is 0 Å². The maximum atomic E-state index is 12.8. The quantitative estimate of drug-likeness (QED) is 0.729. The Bertz CT molecular complexity index is 256. The van der Waals surface area contributed by atoms with Crippen molar-refractivity contribution in [1.29, 1.82) is 0 Å². The molecule has 6 heteroatoms. The zero-order chi connectivity index (χ0) is 12.5. The van der Waals surface area contributed by atoms with E-state index < -0.39 is 18.9 Å². The summed E-state index contributed by atoms with van der Waals surface area (Å²) < 4.78 is 49.8. The molecule has 1 atom stereocenters. The van der Waals surface area contributed by atoms with Gasteiger partial charge in [-0.25, -0.2) is 8.78 Å². The van der Waals surface area contributed by atoms with Gasteiger partial charge in [0.1, 0.15) is 0 Å². The second-order valence-electron chi connectivity index (χ2n) is 5.13. The van der Waals surface area contributed by atoms with E-state index in [-0.39, 0.29) is 0 Å². The summed E-state index contributed by atoms with van der Waals surface area (Å²) in [4.78, 5) is 1.45.